The topological polar surface area (TPSA) is 30.7 Å². The molecule has 11 rings (SSSR count). The van der Waals surface area contributed by atoms with Gasteiger partial charge in [-0.05, 0) is 86.8 Å². The lowest BCUT2D eigenvalue weighted by Gasteiger charge is -2.23. The van der Waals surface area contributed by atoms with E-state index in [-0.39, 0.29) is 5.41 Å². The van der Waals surface area contributed by atoms with Crippen molar-refractivity contribution >= 4 is 21.8 Å². The summed E-state index contributed by atoms with van der Waals surface area (Å²) in [5, 5.41) is 2.39. The molecule has 0 radical (unpaired) electrons. The third-order valence-corrected chi connectivity index (χ3v) is 12.6. The van der Waals surface area contributed by atoms with Crippen molar-refractivity contribution in [2.24, 2.45) is 0 Å². The van der Waals surface area contributed by atoms with Crippen LogP contribution < -0.4 is 0 Å². The fourth-order valence-corrected chi connectivity index (χ4v) is 9.19. The molecule has 0 aliphatic rings. The van der Waals surface area contributed by atoms with Crippen LogP contribution in [0, 0.1) is 0 Å². The second kappa shape index (κ2) is 16.5. The van der Waals surface area contributed by atoms with Crippen LogP contribution in [0.4, 0.5) is 0 Å². The lowest BCUT2D eigenvalue weighted by molar-refractivity contribution is 0.590. The number of hydrogen-bond donors (Lipinski definition) is 0. The number of benzene rings is 9. The van der Waals surface area contributed by atoms with Crippen molar-refractivity contribution in [1.29, 1.82) is 0 Å². The third kappa shape index (κ3) is 7.62. The molecule has 0 bridgehead atoms. The van der Waals surface area contributed by atoms with Gasteiger partial charge in [-0.25, -0.2) is 9.97 Å². The normalized spacial score (nSPS) is 11.6. The molecule has 9 aromatic carbocycles. The summed E-state index contributed by atoms with van der Waals surface area (Å²) >= 11 is 0. The molecule has 0 aliphatic carbocycles. The molecule has 0 saturated carbocycles. The minimum atomic E-state index is -0.00226. The summed E-state index contributed by atoms with van der Waals surface area (Å²) in [6.45, 7) is 6.82. The van der Waals surface area contributed by atoms with Crippen LogP contribution in [0.3, 0.4) is 0 Å². The zero-order valence-corrected chi connectivity index (χ0v) is 36.8. The molecule has 310 valence electrons. The average molecular weight is 834 g/mol. The Balaban J connectivity index is 1.25. The van der Waals surface area contributed by atoms with E-state index < -0.39 is 0 Å². The van der Waals surface area contributed by atoms with Crippen LogP contribution in [-0.2, 0) is 5.41 Å². The first-order chi connectivity index (χ1) is 31.9. The van der Waals surface area contributed by atoms with Gasteiger partial charge in [-0.3, -0.25) is 0 Å². The maximum absolute atomic E-state index is 5.37. The summed E-state index contributed by atoms with van der Waals surface area (Å²) in [6, 6.07) is 82.9. The second-order valence-electron chi connectivity index (χ2n) is 17.8. The van der Waals surface area contributed by atoms with Gasteiger partial charge in [-0.15, -0.1) is 0 Å². The van der Waals surface area contributed by atoms with Crippen LogP contribution in [-0.4, -0.2) is 14.5 Å². The summed E-state index contributed by atoms with van der Waals surface area (Å²) in [5.74, 6) is 0.670. The second-order valence-corrected chi connectivity index (χ2v) is 17.8. The standard InChI is InChI=1S/C62H47N3/c1-62(2,3)51-33-29-45(30-34-51)53-40-50(61-63-56(46-25-15-7-16-26-46)41-57(64-61)47-27-17-8-18-28-47)39-52(44-23-13-6-14-24-44)60(53)65-58-35-31-48(42-19-9-4-10-20-42)37-54(58)55-38-49(32-36-59(55)65)43-21-11-5-12-22-43/h4-41H,1-3H3. The molecule has 2 heterocycles. The molecule has 0 unspecified atom stereocenters. The summed E-state index contributed by atoms with van der Waals surface area (Å²) < 4.78 is 2.50. The van der Waals surface area contributed by atoms with Crippen LogP contribution >= 0.6 is 0 Å². The summed E-state index contributed by atoms with van der Waals surface area (Å²) in [5.41, 5.74) is 18.6. The van der Waals surface area contributed by atoms with Crippen LogP contribution in [0.2, 0.25) is 0 Å². The number of nitrogens with zero attached hydrogens (tertiary/aromatic N) is 3. The number of fused-ring (bicyclic) bond motifs is 3. The van der Waals surface area contributed by atoms with Crippen LogP contribution in [0.5, 0.6) is 0 Å². The van der Waals surface area contributed by atoms with Gasteiger partial charge < -0.3 is 4.57 Å². The van der Waals surface area contributed by atoms with E-state index in [4.69, 9.17) is 9.97 Å². The first-order valence-corrected chi connectivity index (χ1v) is 22.4. The van der Waals surface area contributed by atoms with Crippen molar-refractivity contribution in [3.63, 3.8) is 0 Å². The third-order valence-electron chi connectivity index (χ3n) is 12.6. The molecule has 0 fully saturated rings. The van der Waals surface area contributed by atoms with Crippen LogP contribution in [0.25, 0.3) is 106 Å². The largest absolute Gasteiger partial charge is 0.308 e. The van der Waals surface area contributed by atoms with Crippen molar-refractivity contribution in [2.45, 2.75) is 26.2 Å². The van der Waals surface area contributed by atoms with Crippen molar-refractivity contribution in [3.8, 4) is 84.1 Å². The minimum Gasteiger partial charge on any atom is -0.308 e. The smallest absolute Gasteiger partial charge is 0.160 e. The molecule has 0 saturated heterocycles. The van der Waals surface area contributed by atoms with E-state index in [9.17, 15) is 0 Å². The highest BCUT2D eigenvalue weighted by Gasteiger charge is 2.24. The van der Waals surface area contributed by atoms with E-state index in [0.29, 0.717) is 5.82 Å². The number of rotatable bonds is 8. The minimum absolute atomic E-state index is 0.00226. The fraction of sp³-hybridized carbons (Fsp3) is 0.0645. The highest BCUT2D eigenvalue weighted by molar-refractivity contribution is 6.13. The van der Waals surface area contributed by atoms with E-state index in [2.05, 4.69) is 244 Å². The summed E-state index contributed by atoms with van der Waals surface area (Å²) in [6.07, 6.45) is 0. The first-order valence-electron chi connectivity index (χ1n) is 22.4. The van der Waals surface area contributed by atoms with E-state index >= 15 is 0 Å². The zero-order valence-electron chi connectivity index (χ0n) is 36.8. The number of hydrogen-bond acceptors (Lipinski definition) is 2. The fourth-order valence-electron chi connectivity index (χ4n) is 9.19. The van der Waals surface area contributed by atoms with E-state index in [1.54, 1.807) is 0 Å². The van der Waals surface area contributed by atoms with E-state index in [1.165, 1.54) is 38.6 Å². The Hall–Kier alpha value is -8.14. The van der Waals surface area contributed by atoms with Gasteiger partial charge in [0, 0.05) is 38.6 Å². The molecule has 0 amide bonds. The maximum Gasteiger partial charge on any atom is 0.160 e. The van der Waals surface area contributed by atoms with Crippen molar-refractivity contribution in [2.75, 3.05) is 0 Å². The lowest BCUT2D eigenvalue weighted by Crippen LogP contribution is -2.10. The Kier molecular flexibility index (Phi) is 10.1. The quantitative estimate of drug-likeness (QED) is 0.153. The monoisotopic (exact) mass is 833 g/mol. The summed E-state index contributed by atoms with van der Waals surface area (Å²) in [4.78, 5) is 10.7. The van der Waals surface area contributed by atoms with Crippen molar-refractivity contribution < 1.29 is 0 Å². The summed E-state index contributed by atoms with van der Waals surface area (Å²) in [7, 11) is 0. The highest BCUT2D eigenvalue weighted by atomic mass is 15.0. The van der Waals surface area contributed by atoms with Crippen LogP contribution in [0.1, 0.15) is 26.3 Å². The SMILES string of the molecule is CC(C)(C)c1ccc(-c2cc(-c3nc(-c4ccccc4)cc(-c4ccccc4)n3)cc(-c3ccccc3)c2-n2c3ccc(-c4ccccc4)cc3c3cc(-c4ccccc4)ccc32)cc1. The van der Waals surface area contributed by atoms with Gasteiger partial charge in [0.05, 0.1) is 28.1 Å². The maximum atomic E-state index is 5.37. The van der Waals surface area contributed by atoms with Gasteiger partial charge in [0.15, 0.2) is 5.82 Å². The molecule has 65 heavy (non-hydrogen) atoms. The lowest BCUT2D eigenvalue weighted by atomic mass is 9.85. The highest BCUT2D eigenvalue weighted by Crippen LogP contribution is 2.45. The van der Waals surface area contributed by atoms with Gasteiger partial charge in [0.1, 0.15) is 0 Å². The van der Waals surface area contributed by atoms with Crippen LogP contribution in [0.15, 0.2) is 231 Å². The van der Waals surface area contributed by atoms with Gasteiger partial charge in [-0.1, -0.05) is 209 Å². The Labute approximate surface area is 381 Å². The predicted molar refractivity (Wildman–Crippen MR) is 273 cm³/mol. The number of aromatic nitrogens is 3. The molecular weight excluding hydrogens is 787 g/mol. The Morgan fingerprint density at radius 3 is 1.11 bits per heavy atom. The average Bonchev–Trinajstić information content (AvgIpc) is 3.69. The molecule has 0 aliphatic heterocycles. The van der Waals surface area contributed by atoms with E-state index in [0.717, 1.165) is 67.1 Å². The molecule has 2 aromatic heterocycles. The first kappa shape index (κ1) is 39.7. The van der Waals surface area contributed by atoms with Gasteiger partial charge >= 0.3 is 0 Å². The molecule has 3 heteroatoms. The van der Waals surface area contributed by atoms with Crippen molar-refractivity contribution in [1.82, 2.24) is 14.5 Å². The van der Waals surface area contributed by atoms with Gasteiger partial charge in [0.2, 0.25) is 0 Å². The van der Waals surface area contributed by atoms with Crippen molar-refractivity contribution in [3.05, 3.63) is 236 Å². The molecule has 0 N–H and O–H groups in total. The molecular formula is C62H47N3. The molecule has 11 aromatic rings. The predicted octanol–water partition coefficient (Wildman–Crippen LogP) is 16.5. The molecule has 0 spiro atoms. The molecule has 3 nitrogen and oxygen atoms in total. The molecule has 0 atom stereocenters. The van der Waals surface area contributed by atoms with E-state index in [1.807, 2.05) is 12.1 Å². The van der Waals surface area contributed by atoms with Gasteiger partial charge in [0.25, 0.3) is 0 Å². The zero-order chi connectivity index (χ0) is 43.9. The van der Waals surface area contributed by atoms with Gasteiger partial charge in [-0.2, -0.15) is 0 Å². The Morgan fingerprint density at radius 1 is 0.323 bits per heavy atom. The Morgan fingerprint density at radius 2 is 0.692 bits per heavy atom. The Bertz CT molecular complexity index is 3310.